The maximum absolute atomic E-state index is 13.1. The molecule has 0 aliphatic carbocycles. The minimum atomic E-state index is -0.393. The van der Waals surface area contributed by atoms with E-state index in [4.69, 9.17) is 0 Å². The van der Waals surface area contributed by atoms with Crippen molar-refractivity contribution in [3.05, 3.63) is 60.2 Å². The van der Waals surface area contributed by atoms with Gasteiger partial charge in [-0.3, -0.25) is 19.2 Å². The number of rotatable bonds is 5. The molecule has 1 atom stereocenters. The number of piperidine rings is 1. The Morgan fingerprint density at radius 2 is 1.53 bits per heavy atom. The fourth-order valence-electron chi connectivity index (χ4n) is 4.78. The van der Waals surface area contributed by atoms with E-state index in [-0.39, 0.29) is 41.9 Å². The second-order valence-electron chi connectivity index (χ2n) is 10.6. The maximum atomic E-state index is 13.1. The fourth-order valence-corrected chi connectivity index (χ4v) is 4.78. The fraction of sp³-hybridized carbons (Fsp3) is 0.429. The highest BCUT2D eigenvalue weighted by molar-refractivity contribution is 6.04. The van der Waals surface area contributed by atoms with Crippen LogP contribution >= 0.6 is 0 Å². The molecule has 4 rings (SSSR count). The number of amides is 4. The van der Waals surface area contributed by atoms with Crippen molar-refractivity contribution in [3.63, 3.8) is 0 Å². The van der Waals surface area contributed by atoms with E-state index < -0.39 is 5.54 Å². The Morgan fingerprint density at radius 1 is 0.889 bits per heavy atom. The van der Waals surface area contributed by atoms with Gasteiger partial charge in [0.1, 0.15) is 0 Å². The third-order valence-electron chi connectivity index (χ3n) is 6.64. The van der Waals surface area contributed by atoms with Crippen LogP contribution in [0.1, 0.15) is 50.4 Å². The molecular weight excluding hydrogens is 456 g/mol. The zero-order chi connectivity index (χ0) is 25.9. The van der Waals surface area contributed by atoms with Gasteiger partial charge in [-0.25, -0.2) is 0 Å². The monoisotopic (exact) mass is 490 g/mol. The molecule has 0 radical (unpaired) electrons. The third-order valence-corrected chi connectivity index (χ3v) is 6.64. The van der Waals surface area contributed by atoms with E-state index in [1.165, 1.54) is 0 Å². The molecule has 2 aliphatic rings. The minimum Gasteiger partial charge on any atom is -0.347 e. The molecule has 0 spiro atoms. The van der Waals surface area contributed by atoms with Gasteiger partial charge in [0.25, 0.3) is 5.91 Å². The van der Waals surface area contributed by atoms with Crippen molar-refractivity contribution < 1.29 is 19.2 Å². The number of anilines is 2. The number of para-hydroxylation sites is 2. The standard InChI is InChI=1S/C28H34N4O4/c1-28(2,3)30-26(35)22-11-7-8-12-23(22)29-25(34)19-13-15-31(16-14-19)27(36)20-17-24(33)32(18-20)21-9-5-4-6-10-21/h4-12,19-20H,13-18H2,1-3H3,(H,29,34)(H,30,35). The van der Waals surface area contributed by atoms with Crippen LogP contribution in [0.5, 0.6) is 0 Å². The number of hydrogen-bond acceptors (Lipinski definition) is 4. The van der Waals surface area contributed by atoms with Crippen LogP contribution < -0.4 is 15.5 Å². The van der Waals surface area contributed by atoms with Gasteiger partial charge in [0.2, 0.25) is 17.7 Å². The summed E-state index contributed by atoms with van der Waals surface area (Å²) in [4.78, 5) is 54.8. The zero-order valence-corrected chi connectivity index (χ0v) is 21.1. The molecule has 1 unspecified atom stereocenters. The molecule has 2 fully saturated rings. The number of hydrogen-bond donors (Lipinski definition) is 2. The molecule has 36 heavy (non-hydrogen) atoms. The predicted octanol–water partition coefficient (Wildman–Crippen LogP) is 3.45. The van der Waals surface area contributed by atoms with Gasteiger partial charge in [0.15, 0.2) is 0 Å². The van der Waals surface area contributed by atoms with Crippen molar-refractivity contribution in [1.29, 1.82) is 0 Å². The van der Waals surface area contributed by atoms with Crippen molar-refractivity contribution in [2.75, 3.05) is 29.9 Å². The Labute approximate surface area is 212 Å². The SMILES string of the molecule is CC(C)(C)NC(=O)c1ccccc1NC(=O)C1CCN(C(=O)C2CC(=O)N(c3ccccc3)C2)CC1. The first kappa shape index (κ1) is 25.4. The number of carbonyl (C=O) groups excluding carboxylic acids is 4. The molecular formula is C28H34N4O4. The molecule has 0 saturated carbocycles. The van der Waals surface area contributed by atoms with Gasteiger partial charge in [-0.15, -0.1) is 0 Å². The maximum Gasteiger partial charge on any atom is 0.253 e. The average molecular weight is 491 g/mol. The third kappa shape index (κ3) is 5.93. The lowest BCUT2D eigenvalue weighted by Gasteiger charge is -2.33. The minimum absolute atomic E-state index is 0.0233. The molecule has 2 saturated heterocycles. The van der Waals surface area contributed by atoms with Gasteiger partial charge in [0, 0.05) is 43.2 Å². The second kappa shape index (κ2) is 10.5. The van der Waals surface area contributed by atoms with Crippen LogP contribution in [-0.2, 0) is 14.4 Å². The summed E-state index contributed by atoms with van der Waals surface area (Å²) >= 11 is 0. The first-order valence-electron chi connectivity index (χ1n) is 12.5. The Kier molecular flexibility index (Phi) is 7.43. The van der Waals surface area contributed by atoms with Crippen molar-refractivity contribution in [2.45, 2.75) is 45.6 Å². The Bertz CT molecular complexity index is 1130. The van der Waals surface area contributed by atoms with Crippen LogP contribution in [0.25, 0.3) is 0 Å². The van der Waals surface area contributed by atoms with Crippen LogP contribution in [0.2, 0.25) is 0 Å². The largest absolute Gasteiger partial charge is 0.347 e. The molecule has 8 nitrogen and oxygen atoms in total. The summed E-state index contributed by atoms with van der Waals surface area (Å²) in [6, 6.07) is 16.4. The van der Waals surface area contributed by atoms with Crippen molar-refractivity contribution in [1.82, 2.24) is 10.2 Å². The van der Waals surface area contributed by atoms with Gasteiger partial charge in [-0.1, -0.05) is 30.3 Å². The van der Waals surface area contributed by atoms with E-state index in [2.05, 4.69) is 10.6 Å². The molecule has 0 aromatic heterocycles. The average Bonchev–Trinajstić information content (AvgIpc) is 3.25. The Morgan fingerprint density at radius 3 is 2.19 bits per heavy atom. The number of carbonyl (C=O) groups is 4. The molecule has 4 amide bonds. The Balaban J connectivity index is 1.32. The zero-order valence-electron chi connectivity index (χ0n) is 21.1. The lowest BCUT2D eigenvalue weighted by Crippen LogP contribution is -2.44. The van der Waals surface area contributed by atoms with Gasteiger partial charge in [-0.05, 0) is 57.9 Å². The van der Waals surface area contributed by atoms with Gasteiger partial charge >= 0.3 is 0 Å². The van der Waals surface area contributed by atoms with E-state index in [9.17, 15) is 19.2 Å². The van der Waals surface area contributed by atoms with E-state index in [0.717, 1.165) is 5.69 Å². The normalized spacial score (nSPS) is 18.8. The molecule has 8 heteroatoms. The molecule has 2 heterocycles. The van der Waals surface area contributed by atoms with Crippen molar-refractivity contribution >= 4 is 35.0 Å². The lowest BCUT2D eigenvalue weighted by atomic mass is 9.94. The molecule has 2 aromatic rings. The lowest BCUT2D eigenvalue weighted by molar-refractivity contribution is -0.138. The Hall–Kier alpha value is -3.68. The predicted molar refractivity (Wildman–Crippen MR) is 138 cm³/mol. The molecule has 2 aromatic carbocycles. The van der Waals surface area contributed by atoms with Gasteiger partial charge in [0.05, 0.1) is 17.2 Å². The molecule has 2 aliphatic heterocycles. The quantitative estimate of drug-likeness (QED) is 0.671. The summed E-state index contributed by atoms with van der Waals surface area (Å²) in [7, 11) is 0. The van der Waals surface area contributed by atoms with E-state index in [1.54, 1.807) is 34.1 Å². The summed E-state index contributed by atoms with van der Waals surface area (Å²) in [5.41, 5.74) is 1.32. The van der Waals surface area contributed by atoms with Crippen LogP contribution in [0, 0.1) is 11.8 Å². The van der Waals surface area contributed by atoms with Crippen LogP contribution in [-0.4, -0.2) is 53.7 Å². The van der Waals surface area contributed by atoms with Crippen molar-refractivity contribution in [2.24, 2.45) is 11.8 Å². The van der Waals surface area contributed by atoms with Gasteiger partial charge < -0.3 is 20.4 Å². The molecule has 0 bridgehead atoms. The topological polar surface area (TPSA) is 98.8 Å². The highest BCUT2D eigenvalue weighted by Crippen LogP contribution is 2.28. The highest BCUT2D eigenvalue weighted by Gasteiger charge is 2.38. The van der Waals surface area contributed by atoms with E-state index >= 15 is 0 Å². The van der Waals surface area contributed by atoms with Gasteiger partial charge in [-0.2, -0.15) is 0 Å². The summed E-state index contributed by atoms with van der Waals surface area (Å²) in [6.07, 6.45) is 1.29. The summed E-state index contributed by atoms with van der Waals surface area (Å²) in [5, 5.41) is 5.85. The second-order valence-corrected chi connectivity index (χ2v) is 10.6. The number of nitrogens with one attached hydrogen (secondary N) is 2. The molecule has 2 N–H and O–H groups in total. The van der Waals surface area contributed by atoms with Crippen molar-refractivity contribution in [3.8, 4) is 0 Å². The summed E-state index contributed by atoms with van der Waals surface area (Å²) in [6.45, 7) is 7.04. The first-order valence-corrected chi connectivity index (χ1v) is 12.5. The van der Waals surface area contributed by atoms with Crippen LogP contribution in [0.4, 0.5) is 11.4 Å². The van der Waals surface area contributed by atoms with E-state index in [0.29, 0.717) is 43.7 Å². The number of likely N-dealkylation sites (tertiary alicyclic amines) is 1. The van der Waals surface area contributed by atoms with Crippen LogP contribution in [0.3, 0.4) is 0 Å². The molecule has 190 valence electrons. The summed E-state index contributed by atoms with van der Waals surface area (Å²) in [5.74, 6) is -1.07. The number of benzene rings is 2. The highest BCUT2D eigenvalue weighted by atomic mass is 16.2. The number of nitrogens with zero attached hydrogens (tertiary/aromatic N) is 2. The first-order chi connectivity index (χ1) is 17.1. The van der Waals surface area contributed by atoms with E-state index in [1.807, 2.05) is 51.1 Å². The van der Waals surface area contributed by atoms with Crippen LogP contribution in [0.15, 0.2) is 54.6 Å². The smallest absolute Gasteiger partial charge is 0.253 e. The summed E-state index contributed by atoms with van der Waals surface area (Å²) < 4.78 is 0.